The minimum absolute atomic E-state index is 0.369. The van der Waals surface area contributed by atoms with Crippen LogP contribution in [0.1, 0.15) is 25.4 Å². The summed E-state index contributed by atoms with van der Waals surface area (Å²) < 4.78 is 5.36. The lowest BCUT2D eigenvalue weighted by molar-refractivity contribution is 0.0260. The van der Waals surface area contributed by atoms with Crippen LogP contribution in [-0.2, 0) is 11.3 Å². The predicted octanol–water partition coefficient (Wildman–Crippen LogP) is 0.908. The minimum atomic E-state index is -0.480. The molecule has 1 heterocycles. The molecule has 1 rings (SSSR count). The van der Waals surface area contributed by atoms with E-state index < -0.39 is 6.10 Å². The van der Waals surface area contributed by atoms with Crippen LogP contribution in [0.3, 0.4) is 0 Å². The highest BCUT2D eigenvalue weighted by atomic mass is 16.5. The van der Waals surface area contributed by atoms with E-state index in [1.807, 2.05) is 13.0 Å². The summed E-state index contributed by atoms with van der Waals surface area (Å²) in [5.74, 6) is 1.25. The molecule has 0 amide bonds. The van der Waals surface area contributed by atoms with E-state index >= 15 is 0 Å². The van der Waals surface area contributed by atoms with Gasteiger partial charge in [0.1, 0.15) is 5.82 Å². The average molecular weight is 253 g/mol. The Bertz CT molecular complexity index is 345. The van der Waals surface area contributed by atoms with E-state index in [-0.39, 0.29) is 0 Å². The lowest BCUT2D eigenvalue weighted by atomic mass is 10.2. The zero-order valence-electron chi connectivity index (χ0n) is 11.4. The Balaban J connectivity index is 2.13. The largest absolute Gasteiger partial charge is 0.389 e. The average Bonchev–Trinajstić information content (AvgIpc) is 2.28. The lowest BCUT2D eigenvalue weighted by Gasteiger charge is -2.13. The fraction of sp³-hybridized carbons (Fsp3) is 0.692. The smallest absolute Gasteiger partial charge is 0.125 e. The van der Waals surface area contributed by atoms with Gasteiger partial charge in [-0.15, -0.1) is 0 Å². The van der Waals surface area contributed by atoms with Gasteiger partial charge in [-0.1, -0.05) is 13.8 Å². The van der Waals surface area contributed by atoms with Crippen molar-refractivity contribution in [3.8, 4) is 0 Å². The van der Waals surface area contributed by atoms with Crippen molar-refractivity contribution in [3.63, 3.8) is 0 Å². The molecule has 0 aromatic carbocycles. The number of nitrogens with one attached hydrogen (secondary N) is 1. The van der Waals surface area contributed by atoms with Crippen molar-refractivity contribution >= 4 is 0 Å². The van der Waals surface area contributed by atoms with Crippen LogP contribution >= 0.6 is 0 Å². The molecular formula is C13H23N3O2. The van der Waals surface area contributed by atoms with Crippen molar-refractivity contribution in [2.75, 3.05) is 19.8 Å². The van der Waals surface area contributed by atoms with Crippen LogP contribution in [0.2, 0.25) is 0 Å². The van der Waals surface area contributed by atoms with E-state index in [1.54, 1.807) is 6.20 Å². The molecule has 18 heavy (non-hydrogen) atoms. The first-order valence-electron chi connectivity index (χ1n) is 6.33. The van der Waals surface area contributed by atoms with Gasteiger partial charge in [0.15, 0.2) is 0 Å². The summed E-state index contributed by atoms with van der Waals surface area (Å²) in [5.41, 5.74) is 0.929. The molecule has 0 saturated heterocycles. The molecule has 0 saturated carbocycles. The third kappa shape index (κ3) is 6.64. The number of rotatable bonds is 8. The monoisotopic (exact) mass is 253 g/mol. The van der Waals surface area contributed by atoms with Gasteiger partial charge in [0.25, 0.3) is 0 Å². The maximum atomic E-state index is 9.67. The Morgan fingerprint density at radius 1 is 1.39 bits per heavy atom. The topological polar surface area (TPSA) is 67.3 Å². The minimum Gasteiger partial charge on any atom is -0.389 e. The quantitative estimate of drug-likeness (QED) is 0.721. The Hall–Kier alpha value is -1.04. The predicted molar refractivity (Wildman–Crippen MR) is 70.1 cm³/mol. The first kappa shape index (κ1) is 15.0. The molecule has 2 N–H and O–H groups in total. The summed E-state index contributed by atoms with van der Waals surface area (Å²) in [5, 5.41) is 12.8. The van der Waals surface area contributed by atoms with Gasteiger partial charge in [-0.25, -0.2) is 9.97 Å². The number of aryl methyl sites for hydroxylation is 1. The Labute approximate surface area is 109 Å². The van der Waals surface area contributed by atoms with Crippen molar-refractivity contribution < 1.29 is 9.84 Å². The molecule has 0 aliphatic heterocycles. The second kappa shape index (κ2) is 8.13. The SMILES string of the molecule is Cc1nccc(CNCC(O)COCC(C)C)n1. The standard InChI is InChI=1S/C13H23N3O2/c1-10(2)8-18-9-13(17)7-14-6-12-4-5-15-11(3)16-12/h4-5,10,13-14,17H,6-9H2,1-3H3. The van der Waals surface area contributed by atoms with Crippen LogP contribution in [0, 0.1) is 12.8 Å². The third-order valence-corrected chi connectivity index (χ3v) is 2.28. The van der Waals surface area contributed by atoms with Crippen molar-refractivity contribution in [1.82, 2.24) is 15.3 Å². The number of aliphatic hydroxyl groups excluding tert-OH is 1. The molecule has 102 valence electrons. The zero-order valence-corrected chi connectivity index (χ0v) is 11.4. The van der Waals surface area contributed by atoms with Crippen molar-refractivity contribution in [2.45, 2.75) is 33.4 Å². The van der Waals surface area contributed by atoms with E-state index in [1.165, 1.54) is 0 Å². The van der Waals surface area contributed by atoms with E-state index in [2.05, 4.69) is 29.1 Å². The Morgan fingerprint density at radius 3 is 2.83 bits per heavy atom. The summed E-state index contributed by atoms with van der Waals surface area (Å²) in [6.45, 7) is 8.21. The number of aromatic nitrogens is 2. The van der Waals surface area contributed by atoms with E-state index in [4.69, 9.17) is 4.74 Å². The van der Waals surface area contributed by atoms with Crippen molar-refractivity contribution in [1.29, 1.82) is 0 Å². The molecule has 1 aromatic heterocycles. The molecule has 0 aliphatic rings. The molecular weight excluding hydrogens is 230 g/mol. The molecule has 1 aromatic rings. The van der Waals surface area contributed by atoms with Crippen LogP contribution in [0.25, 0.3) is 0 Å². The summed E-state index contributed by atoms with van der Waals surface area (Å²) in [7, 11) is 0. The van der Waals surface area contributed by atoms with Gasteiger partial charge in [-0.05, 0) is 18.9 Å². The van der Waals surface area contributed by atoms with E-state index in [0.717, 1.165) is 11.5 Å². The van der Waals surface area contributed by atoms with Crippen molar-refractivity contribution in [3.05, 3.63) is 23.8 Å². The van der Waals surface area contributed by atoms with Crippen molar-refractivity contribution in [2.24, 2.45) is 5.92 Å². The van der Waals surface area contributed by atoms with Gasteiger partial charge in [-0.3, -0.25) is 0 Å². The van der Waals surface area contributed by atoms with E-state index in [0.29, 0.717) is 32.2 Å². The normalized spacial score (nSPS) is 12.9. The van der Waals surface area contributed by atoms with E-state index in [9.17, 15) is 5.11 Å². The highest BCUT2D eigenvalue weighted by Gasteiger charge is 2.05. The van der Waals surface area contributed by atoms with Gasteiger partial charge < -0.3 is 15.2 Å². The zero-order chi connectivity index (χ0) is 13.4. The molecule has 0 bridgehead atoms. The second-order valence-electron chi connectivity index (χ2n) is 4.81. The highest BCUT2D eigenvalue weighted by Crippen LogP contribution is 1.96. The first-order valence-corrected chi connectivity index (χ1v) is 6.33. The highest BCUT2D eigenvalue weighted by molar-refractivity contribution is 5.00. The summed E-state index contributed by atoms with van der Waals surface area (Å²) in [6.07, 6.45) is 1.26. The van der Waals surface area contributed by atoms with Crippen LogP contribution in [0.5, 0.6) is 0 Å². The number of ether oxygens (including phenoxy) is 1. The molecule has 0 spiro atoms. The summed E-state index contributed by atoms with van der Waals surface area (Å²) in [6, 6.07) is 1.86. The van der Waals surface area contributed by atoms with Crippen LogP contribution in [0.4, 0.5) is 0 Å². The fourth-order valence-electron chi connectivity index (χ4n) is 1.47. The Kier molecular flexibility index (Phi) is 6.78. The second-order valence-corrected chi connectivity index (χ2v) is 4.81. The summed E-state index contributed by atoms with van der Waals surface area (Å²) in [4.78, 5) is 8.30. The number of aliphatic hydroxyl groups is 1. The molecule has 0 fully saturated rings. The fourth-order valence-corrected chi connectivity index (χ4v) is 1.47. The number of hydrogen-bond acceptors (Lipinski definition) is 5. The van der Waals surface area contributed by atoms with Gasteiger partial charge in [-0.2, -0.15) is 0 Å². The lowest BCUT2D eigenvalue weighted by Crippen LogP contribution is -2.30. The Morgan fingerprint density at radius 2 is 2.17 bits per heavy atom. The molecule has 1 unspecified atom stereocenters. The van der Waals surface area contributed by atoms with Gasteiger partial charge >= 0.3 is 0 Å². The number of hydrogen-bond donors (Lipinski definition) is 2. The van der Waals surface area contributed by atoms with Crippen LogP contribution in [0.15, 0.2) is 12.3 Å². The molecule has 5 heteroatoms. The first-order chi connectivity index (χ1) is 8.58. The van der Waals surface area contributed by atoms with Crippen LogP contribution in [-0.4, -0.2) is 40.9 Å². The molecule has 0 aliphatic carbocycles. The maximum absolute atomic E-state index is 9.67. The summed E-state index contributed by atoms with van der Waals surface area (Å²) >= 11 is 0. The van der Waals surface area contributed by atoms with Gasteiger partial charge in [0, 0.05) is 25.9 Å². The maximum Gasteiger partial charge on any atom is 0.125 e. The van der Waals surface area contributed by atoms with Crippen LogP contribution < -0.4 is 5.32 Å². The molecule has 5 nitrogen and oxygen atoms in total. The third-order valence-electron chi connectivity index (χ3n) is 2.28. The van der Waals surface area contributed by atoms with Gasteiger partial charge in [0.05, 0.1) is 18.4 Å². The number of nitrogens with zero attached hydrogens (tertiary/aromatic N) is 2. The molecule has 0 radical (unpaired) electrons. The van der Waals surface area contributed by atoms with Gasteiger partial charge in [0.2, 0.25) is 0 Å². The molecule has 1 atom stereocenters.